The van der Waals surface area contributed by atoms with Gasteiger partial charge in [-0.1, -0.05) is 35.3 Å². The van der Waals surface area contributed by atoms with Crippen LogP contribution in [0.1, 0.15) is 37.4 Å². The first-order valence-electron chi connectivity index (χ1n) is 7.60. The van der Waals surface area contributed by atoms with E-state index in [4.69, 9.17) is 10.3 Å². The van der Waals surface area contributed by atoms with Crippen LogP contribution in [0.2, 0.25) is 0 Å². The van der Waals surface area contributed by atoms with Gasteiger partial charge in [-0.05, 0) is 25.0 Å². The summed E-state index contributed by atoms with van der Waals surface area (Å²) in [5.41, 5.74) is 6.12. The number of halogens is 1. The summed E-state index contributed by atoms with van der Waals surface area (Å²) < 4.78 is 6.46. The Morgan fingerprint density at radius 1 is 1.25 bits per heavy atom. The Bertz CT molecular complexity index is 915. The maximum Gasteiger partial charge on any atom is 0.278 e. The summed E-state index contributed by atoms with van der Waals surface area (Å²) in [4.78, 5) is 16.8. The lowest BCUT2D eigenvalue weighted by Crippen LogP contribution is -2.34. The van der Waals surface area contributed by atoms with Crippen molar-refractivity contribution in [2.24, 2.45) is 5.73 Å². The molecule has 2 heterocycles. The van der Waals surface area contributed by atoms with Crippen molar-refractivity contribution in [2.45, 2.75) is 37.8 Å². The normalized spacial score (nSPS) is 16.2. The van der Waals surface area contributed by atoms with Gasteiger partial charge in [0.25, 0.3) is 5.56 Å². The summed E-state index contributed by atoms with van der Waals surface area (Å²) >= 11 is 0. The molecule has 1 aliphatic carbocycles. The molecule has 1 aromatic carbocycles. The van der Waals surface area contributed by atoms with Gasteiger partial charge in [0.15, 0.2) is 5.82 Å². The van der Waals surface area contributed by atoms with Gasteiger partial charge in [0.2, 0.25) is 5.89 Å². The summed E-state index contributed by atoms with van der Waals surface area (Å²) in [5.74, 6) is 0.815. The van der Waals surface area contributed by atoms with Crippen LogP contribution < -0.4 is 11.3 Å². The fraction of sp³-hybridized carbons (Fsp3) is 0.400. The fourth-order valence-corrected chi connectivity index (χ4v) is 3.01. The number of nitrogens with two attached hydrogens (primary N) is 1. The number of rotatable bonds is 3. The highest BCUT2D eigenvalue weighted by Gasteiger charge is 2.36. The predicted octanol–water partition coefficient (Wildman–Crippen LogP) is 1.37. The molecule has 9 heteroatoms. The van der Waals surface area contributed by atoms with Crippen LogP contribution in [-0.2, 0) is 12.1 Å². The topological polar surface area (TPSA) is 113 Å². The first-order valence-corrected chi connectivity index (χ1v) is 7.60. The monoisotopic (exact) mass is 348 g/mol. The molecule has 0 saturated heterocycles. The number of aromatic nitrogens is 5. The Balaban J connectivity index is 0.00000169. The lowest BCUT2D eigenvalue weighted by atomic mass is 9.99. The Kier molecular flexibility index (Phi) is 4.33. The molecule has 0 amide bonds. The molecule has 8 nitrogen and oxygen atoms in total. The average Bonchev–Trinajstić information content (AvgIpc) is 3.21. The Morgan fingerprint density at radius 3 is 2.79 bits per heavy atom. The van der Waals surface area contributed by atoms with E-state index in [1.807, 2.05) is 6.07 Å². The minimum atomic E-state index is -0.512. The highest BCUT2D eigenvalue weighted by atomic mass is 35.5. The zero-order chi connectivity index (χ0) is 15.9. The molecule has 2 aromatic heterocycles. The van der Waals surface area contributed by atoms with Crippen molar-refractivity contribution in [1.29, 1.82) is 0 Å². The molecule has 0 spiro atoms. The van der Waals surface area contributed by atoms with Crippen LogP contribution in [0.25, 0.3) is 10.9 Å². The number of benzene rings is 1. The molecular weight excluding hydrogens is 332 g/mol. The molecule has 4 rings (SSSR count). The first-order chi connectivity index (χ1) is 11.2. The zero-order valence-electron chi connectivity index (χ0n) is 12.9. The smallest absolute Gasteiger partial charge is 0.278 e. The van der Waals surface area contributed by atoms with Crippen molar-refractivity contribution in [2.75, 3.05) is 0 Å². The largest absolute Gasteiger partial charge is 0.337 e. The Labute approximate surface area is 143 Å². The minimum Gasteiger partial charge on any atom is -0.337 e. The predicted molar refractivity (Wildman–Crippen MR) is 88.8 cm³/mol. The van der Waals surface area contributed by atoms with E-state index in [1.165, 1.54) is 4.68 Å². The van der Waals surface area contributed by atoms with Crippen LogP contribution >= 0.6 is 12.4 Å². The van der Waals surface area contributed by atoms with Crippen molar-refractivity contribution in [3.05, 3.63) is 46.3 Å². The van der Waals surface area contributed by atoms with Gasteiger partial charge in [-0.15, -0.1) is 17.5 Å². The van der Waals surface area contributed by atoms with Crippen molar-refractivity contribution in [3.8, 4) is 0 Å². The molecule has 0 bridgehead atoms. The second kappa shape index (κ2) is 6.29. The van der Waals surface area contributed by atoms with Gasteiger partial charge in [0, 0.05) is 0 Å². The van der Waals surface area contributed by atoms with E-state index in [9.17, 15) is 4.79 Å². The molecule has 1 fully saturated rings. The van der Waals surface area contributed by atoms with Gasteiger partial charge in [-0.25, -0.2) is 4.68 Å². The third-order valence-electron chi connectivity index (χ3n) is 4.32. The number of hydrogen-bond acceptors (Lipinski definition) is 7. The molecule has 0 unspecified atom stereocenters. The van der Waals surface area contributed by atoms with E-state index >= 15 is 0 Å². The summed E-state index contributed by atoms with van der Waals surface area (Å²) in [6.07, 6.45) is 3.83. The van der Waals surface area contributed by atoms with Gasteiger partial charge < -0.3 is 10.3 Å². The molecule has 0 radical (unpaired) electrons. The molecule has 0 aliphatic heterocycles. The minimum absolute atomic E-state index is 0. The summed E-state index contributed by atoms with van der Waals surface area (Å²) in [6, 6.07) is 7.07. The van der Waals surface area contributed by atoms with Crippen LogP contribution in [0.15, 0.2) is 33.6 Å². The van der Waals surface area contributed by atoms with Gasteiger partial charge in [-0.3, -0.25) is 4.79 Å². The third kappa shape index (κ3) is 2.78. The Hall–Kier alpha value is -2.32. The highest BCUT2D eigenvalue weighted by Crippen LogP contribution is 2.34. The SMILES string of the molecule is Cl.NC1(c2noc(Cn3nnc4ccccc4c3=O)n2)CCCC1. The van der Waals surface area contributed by atoms with Crippen LogP contribution in [-0.4, -0.2) is 25.1 Å². The van der Waals surface area contributed by atoms with Gasteiger partial charge >= 0.3 is 0 Å². The molecule has 24 heavy (non-hydrogen) atoms. The lowest BCUT2D eigenvalue weighted by molar-refractivity contribution is 0.339. The van der Waals surface area contributed by atoms with Crippen molar-refractivity contribution >= 4 is 23.3 Å². The molecule has 2 N–H and O–H groups in total. The van der Waals surface area contributed by atoms with Crippen molar-refractivity contribution < 1.29 is 4.52 Å². The number of hydrogen-bond donors (Lipinski definition) is 1. The Morgan fingerprint density at radius 2 is 2.00 bits per heavy atom. The summed E-state index contributed by atoms with van der Waals surface area (Å²) in [6.45, 7) is 0.0831. The maximum absolute atomic E-state index is 12.4. The number of nitrogens with zero attached hydrogens (tertiary/aromatic N) is 5. The van der Waals surface area contributed by atoms with E-state index in [0.717, 1.165) is 25.7 Å². The summed E-state index contributed by atoms with van der Waals surface area (Å²) in [5, 5.41) is 12.4. The standard InChI is InChI=1S/C15H16N6O2.ClH/c16-15(7-3-4-8-15)14-17-12(23-19-14)9-21-13(22)10-5-1-2-6-11(10)18-20-21;/h1-2,5-6H,3-4,7-9,16H2;1H. The highest BCUT2D eigenvalue weighted by molar-refractivity contribution is 5.85. The van der Waals surface area contributed by atoms with E-state index < -0.39 is 5.54 Å². The third-order valence-corrected chi connectivity index (χ3v) is 4.32. The molecule has 1 aliphatic rings. The van der Waals surface area contributed by atoms with Crippen molar-refractivity contribution in [1.82, 2.24) is 25.1 Å². The van der Waals surface area contributed by atoms with Crippen LogP contribution in [0.4, 0.5) is 0 Å². The lowest BCUT2D eigenvalue weighted by Gasteiger charge is -2.17. The van der Waals surface area contributed by atoms with Gasteiger partial charge in [-0.2, -0.15) is 4.98 Å². The van der Waals surface area contributed by atoms with E-state index in [1.54, 1.807) is 18.2 Å². The molecular formula is C15H17ClN6O2. The quantitative estimate of drug-likeness (QED) is 0.760. The van der Waals surface area contributed by atoms with E-state index in [0.29, 0.717) is 22.6 Å². The molecule has 126 valence electrons. The maximum atomic E-state index is 12.4. The second-order valence-electron chi connectivity index (χ2n) is 5.94. The average molecular weight is 349 g/mol. The number of fused-ring (bicyclic) bond motifs is 1. The molecule has 0 atom stereocenters. The fourth-order valence-electron chi connectivity index (χ4n) is 3.01. The van der Waals surface area contributed by atoms with Crippen molar-refractivity contribution in [3.63, 3.8) is 0 Å². The van der Waals surface area contributed by atoms with Crippen LogP contribution in [0, 0.1) is 0 Å². The summed E-state index contributed by atoms with van der Waals surface area (Å²) in [7, 11) is 0. The van der Waals surface area contributed by atoms with Gasteiger partial charge in [0.05, 0.1) is 10.9 Å². The van der Waals surface area contributed by atoms with Crippen LogP contribution in [0.5, 0.6) is 0 Å². The second-order valence-corrected chi connectivity index (χ2v) is 5.94. The first kappa shape index (κ1) is 16.5. The molecule has 3 aromatic rings. The zero-order valence-corrected chi connectivity index (χ0v) is 13.7. The van der Waals surface area contributed by atoms with Gasteiger partial charge in [0.1, 0.15) is 12.1 Å². The van der Waals surface area contributed by atoms with E-state index in [2.05, 4.69) is 20.5 Å². The van der Waals surface area contributed by atoms with E-state index in [-0.39, 0.29) is 24.5 Å². The molecule has 1 saturated carbocycles. The van der Waals surface area contributed by atoms with Crippen LogP contribution in [0.3, 0.4) is 0 Å².